The Morgan fingerprint density at radius 3 is 2.90 bits per heavy atom. The molecule has 4 nitrogen and oxygen atoms in total. The fraction of sp³-hybridized carbons (Fsp3) is 0.429. The number of nitrogens with zero attached hydrogens (tertiary/aromatic N) is 2. The summed E-state index contributed by atoms with van der Waals surface area (Å²) in [4.78, 5) is 19.5. The van der Waals surface area contributed by atoms with Crippen LogP contribution in [0.1, 0.15) is 24.4 Å². The zero-order valence-corrected chi connectivity index (χ0v) is 13.3. The van der Waals surface area contributed by atoms with Crippen molar-refractivity contribution >= 4 is 33.8 Å². The molecule has 0 aliphatic heterocycles. The number of thiophene rings is 1. The predicted molar refractivity (Wildman–Crippen MR) is 83.5 cm³/mol. The number of hydrogen-bond donors (Lipinski definition) is 0. The van der Waals surface area contributed by atoms with Gasteiger partial charge in [0.05, 0.1) is 25.3 Å². The van der Waals surface area contributed by atoms with E-state index in [1.807, 2.05) is 12.3 Å². The Bertz CT molecular complexity index is 537. The van der Waals surface area contributed by atoms with Gasteiger partial charge >= 0.3 is 5.97 Å². The Hall–Kier alpha value is -1.40. The minimum atomic E-state index is -0.217. The first kappa shape index (κ1) is 15.0. The molecule has 0 amide bonds. The van der Waals surface area contributed by atoms with Gasteiger partial charge in [0.2, 0.25) is 0 Å². The molecular formula is C14H18N2O2S2. The highest BCUT2D eigenvalue weighted by atomic mass is 32.1. The second-order valence-corrected chi connectivity index (χ2v) is 6.07. The lowest BCUT2D eigenvalue weighted by Gasteiger charge is -2.18. The molecule has 20 heavy (non-hydrogen) atoms. The van der Waals surface area contributed by atoms with Crippen LogP contribution < -0.4 is 4.90 Å². The topological polar surface area (TPSA) is 42.4 Å². The van der Waals surface area contributed by atoms with E-state index in [0.29, 0.717) is 6.61 Å². The maximum absolute atomic E-state index is 11.4. The van der Waals surface area contributed by atoms with Gasteiger partial charge in [0.25, 0.3) is 0 Å². The standard InChI is InChI=1S/C14H18N2O2S2/c1-3-16(9-12-6-5-7-19-12)14-15-11(10-20-14)8-13(17)18-4-2/h5-7,10H,3-4,8-9H2,1-2H3. The first-order valence-corrected chi connectivity index (χ1v) is 8.36. The van der Waals surface area contributed by atoms with Gasteiger partial charge in [-0.3, -0.25) is 4.79 Å². The second kappa shape index (κ2) is 7.40. The smallest absolute Gasteiger partial charge is 0.311 e. The average Bonchev–Trinajstić information content (AvgIpc) is 3.07. The number of thiazole rings is 1. The van der Waals surface area contributed by atoms with Gasteiger partial charge in [-0.05, 0) is 25.3 Å². The SMILES string of the molecule is CCOC(=O)Cc1csc(N(CC)Cc2cccs2)n1. The van der Waals surface area contributed by atoms with Crippen LogP contribution in [-0.4, -0.2) is 24.1 Å². The summed E-state index contributed by atoms with van der Waals surface area (Å²) in [5.74, 6) is -0.217. The van der Waals surface area contributed by atoms with Gasteiger partial charge in [0.1, 0.15) is 0 Å². The minimum Gasteiger partial charge on any atom is -0.466 e. The van der Waals surface area contributed by atoms with Crippen LogP contribution in [-0.2, 0) is 22.5 Å². The lowest BCUT2D eigenvalue weighted by molar-refractivity contribution is -0.142. The molecule has 0 spiro atoms. The minimum absolute atomic E-state index is 0.217. The van der Waals surface area contributed by atoms with E-state index >= 15 is 0 Å². The van der Waals surface area contributed by atoms with Crippen LogP contribution in [0.2, 0.25) is 0 Å². The average molecular weight is 310 g/mol. The van der Waals surface area contributed by atoms with E-state index in [4.69, 9.17) is 4.74 Å². The number of aromatic nitrogens is 1. The van der Waals surface area contributed by atoms with Crippen molar-refractivity contribution in [3.63, 3.8) is 0 Å². The molecule has 108 valence electrons. The Balaban J connectivity index is 2.00. The molecule has 0 atom stereocenters. The fourth-order valence-electron chi connectivity index (χ4n) is 1.79. The molecular weight excluding hydrogens is 292 g/mol. The quantitative estimate of drug-likeness (QED) is 0.736. The lowest BCUT2D eigenvalue weighted by Crippen LogP contribution is -2.21. The largest absolute Gasteiger partial charge is 0.466 e. The van der Waals surface area contributed by atoms with Crippen LogP contribution in [0.5, 0.6) is 0 Å². The Morgan fingerprint density at radius 1 is 1.40 bits per heavy atom. The van der Waals surface area contributed by atoms with Gasteiger partial charge < -0.3 is 9.64 Å². The van der Waals surface area contributed by atoms with Gasteiger partial charge in [-0.1, -0.05) is 6.07 Å². The molecule has 2 rings (SSSR count). The second-order valence-electron chi connectivity index (χ2n) is 4.20. The fourth-order valence-corrected chi connectivity index (χ4v) is 3.40. The third-order valence-electron chi connectivity index (χ3n) is 2.75. The number of esters is 1. The summed E-state index contributed by atoms with van der Waals surface area (Å²) in [5, 5.41) is 4.97. The highest BCUT2D eigenvalue weighted by molar-refractivity contribution is 7.13. The lowest BCUT2D eigenvalue weighted by atomic mass is 10.3. The molecule has 2 aromatic heterocycles. The molecule has 0 N–H and O–H groups in total. The molecule has 0 aromatic carbocycles. The van der Waals surface area contributed by atoms with E-state index in [-0.39, 0.29) is 12.4 Å². The molecule has 0 aliphatic rings. The highest BCUT2D eigenvalue weighted by Crippen LogP contribution is 2.24. The van der Waals surface area contributed by atoms with E-state index in [0.717, 1.165) is 23.9 Å². The molecule has 2 aromatic rings. The Kier molecular flexibility index (Phi) is 5.55. The van der Waals surface area contributed by atoms with Gasteiger partial charge in [0, 0.05) is 16.8 Å². The first-order valence-electron chi connectivity index (χ1n) is 6.60. The van der Waals surface area contributed by atoms with Gasteiger partial charge in [-0.15, -0.1) is 22.7 Å². The molecule has 0 saturated heterocycles. The van der Waals surface area contributed by atoms with Crippen LogP contribution in [0.4, 0.5) is 5.13 Å². The van der Waals surface area contributed by atoms with E-state index in [9.17, 15) is 4.79 Å². The molecule has 6 heteroatoms. The molecule has 0 unspecified atom stereocenters. The molecule has 0 bridgehead atoms. The molecule has 0 saturated carbocycles. The summed E-state index contributed by atoms with van der Waals surface area (Å²) in [5.41, 5.74) is 0.785. The Labute approximate surface area is 127 Å². The summed E-state index contributed by atoms with van der Waals surface area (Å²) < 4.78 is 4.94. The summed E-state index contributed by atoms with van der Waals surface area (Å²) in [6, 6.07) is 4.18. The monoisotopic (exact) mass is 310 g/mol. The van der Waals surface area contributed by atoms with Crippen LogP contribution in [0.15, 0.2) is 22.9 Å². The summed E-state index contributed by atoms with van der Waals surface area (Å²) in [6.45, 7) is 6.09. The number of rotatable bonds is 7. The zero-order chi connectivity index (χ0) is 14.4. The van der Waals surface area contributed by atoms with E-state index in [2.05, 4.69) is 34.3 Å². The van der Waals surface area contributed by atoms with Gasteiger partial charge in [-0.25, -0.2) is 4.98 Å². The Morgan fingerprint density at radius 2 is 2.25 bits per heavy atom. The van der Waals surface area contributed by atoms with E-state index in [1.54, 1.807) is 22.7 Å². The summed E-state index contributed by atoms with van der Waals surface area (Å²) in [7, 11) is 0. The van der Waals surface area contributed by atoms with Crippen molar-refractivity contribution in [2.24, 2.45) is 0 Å². The van der Waals surface area contributed by atoms with Crippen molar-refractivity contribution in [3.8, 4) is 0 Å². The molecule has 0 fully saturated rings. The van der Waals surface area contributed by atoms with Crippen LogP contribution in [0.3, 0.4) is 0 Å². The van der Waals surface area contributed by atoms with E-state index < -0.39 is 0 Å². The van der Waals surface area contributed by atoms with Gasteiger partial charge in [-0.2, -0.15) is 0 Å². The van der Waals surface area contributed by atoms with Crippen molar-refractivity contribution in [2.75, 3.05) is 18.1 Å². The number of ether oxygens (including phenoxy) is 1. The van der Waals surface area contributed by atoms with Gasteiger partial charge in [0.15, 0.2) is 5.13 Å². The third-order valence-corrected chi connectivity index (χ3v) is 4.56. The number of carbonyl (C=O) groups is 1. The molecule has 0 radical (unpaired) electrons. The zero-order valence-electron chi connectivity index (χ0n) is 11.7. The predicted octanol–water partition coefficient (Wildman–Crippen LogP) is 3.34. The van der Waals surface area contributed by atoms with Crippen molar-refractivity contribution in [1.82, 2.24) is 4.98 Å². The van der Waals surface area contributed by atoms with Crippen LogP contribution in [0.25, 0.3) is 0 Å². The van der Waals surface area contributed by atoms with Crippen molar-refractivity contribution in [2.45, 2.75) is 26.8 Å². The molecule has 0 aliphatic carbocycles. The maximum atomic E-state index is 11.4. The van der Waals surface area contributed by atoms with Crippen LogP contribution >= 0.6 is 22.7 Å². The highest BCUT2D eigenvalue weighted by Gasteiger charge is 2.13. The summed E-state index contributed by atoms with van der Waals surface area (Å²) >= 11 is 3.32. The summed E-state index contributed by atoms with van der Waals surface area (Å²) in [6.07, 6.45) is 0.251. The van der Waals surface area contributed by atoms with Crippen molar-refractivity contribution in [3.05, 3.63) is 33.5 Å². The molecule has 2 heterocycles. The number of carbonyl (C=O) groups excluding carboxylic acids is 1. The number of anilines is 1. The van der Waals surface area contributed by atoms with Crippen LogP contribution in [0, 0.1) is 0 Å². The van der Waals surface area contributed by atoms with E-state index in [1.165, 1.54) is 4.88 Å². The van der Waals surface area contributed by atoms with Crippen molar-refractivity contribution in [1.29, 1.82) is 0 Å². The normalized spacial score (nSPS) is 10.5. The first-order chi connectivity index (χ1) is 9.72. The number of hydrogen-bond acceptors (Lipinski definition) is 6. The third kappa shape index (κ3) is 4.05. The van der Waals surface area contributed by atoms with Crippen molar-refractivity contribution < 1.29 is 9.53 Å². The maximum Gasteiger partial charge on any atom is 0.311 e.